The molecule has 0 aliphatic carbocycles. The van der Waals surface area contributed by atoms with E-state index in [0.717, 1.165) is 48.5 Å². The van der Waals surface area contributed by atoms with Gasteiger partial charge >= 0.3 is 0 Å². The molecule has 102 valence electrons. The quantitative estimate of drug-likeness (QED) is 0.879. The van der Waals surface area contributed by atoms with Crippen molar-refractivity contribution in [1.82, 2.24) is 10.3 Å². The van der Waals surface area contributed by atoms with Gasteiger partial charge in [-0.3, -0.25) is 0 Å². The van der Waals surface area contributed by atoms with Gasteiger partial charge < -0.3 is 19.7 Å². The number of nitrogens with one attached hydrogen (secondary N) is 1. The Balaban J connectivity index is 1.94. The first-order valence-corrected chi connectivity index (χ1v) is 7.04. The van der Waals surface area contributed by atoms with E-state index in [0.29, 0.717) is 6.04 Å². The van der Waals surface area contributed by atoms with Gasteiger partial charge in [-0.25, -0.2) is 0 Å². The zero-order chi connectivity index (χ0) is 13.0. The van der Waals surface area contributed by atoms with Crippen LogP contribution in [0.2, 0.25) is 0 Å². The van der Waals surface area contributed by atoms with Crippen LogP contribution in [0.3, 0.4) is 0 Å². The van der Waals surface area contributed by atoms with E-state index in [1.54, 1.807) is 18.4 Å². The summed E-state index contributed by atoms with van der Waals surface area (Å²) >= 11 is 1.68. The molecule has 1 N–H and O–H groups in total. The van der Waals surface area contributed by atoms with E-state index in [-0.39, 0.29) is 0 Å². The first-order valence-electron chi connectivity index (χ1n) is 6.23. The van der Waals surface area contributed by atoms with Crippen LogP contribution in [0.15, 0.2) is 0 Å². The first-order chi connectivity index (χ1) is 8.70. The van der Waals surface area contributed by atoms with Crippen molar-refractivity contribution in [2.45, 2.75) is 25.4 Å². The van der Waals surface area contributed by atoms with Gasteiger partial charge in [0.15, 0.2) is 5.13 Å². The van der Waals surface area contributed by atoms with E-state index in [1.165, 1.54) is 0 Å². The van der Waals surface area contributed by atoms with Gasteiger partial charge in [0.2, 0.25) is 5.88 Å². The summed E-state index contributed by atoms with van der Waals surface area (Å²) in [6.07, 6.45) is 2.17. The van der Waals surface area contributed by atoms with E-state index < -0.39 is 0 Å². The number of hydrogen-bond acceptors (Lipinski definition) is 6. The van der Waals surface area contributed by atoms with Crippen LogP contribution in [0.25, 0.3) is 0 Å². The van der Waals surface area contributed by atoms with Gasteiger partial charge in [0.25, 0.3) is 0 Å². The molecule has 5 nitrogen and oxygen atoms in total. The minimum absolute atomic E-state index is 0.549. The number of methoxy groups -OCH3 is 1. The monoisotopic (exact) mass is 271 g/mol. The van der Waals surface area contributed by atoms with Crippen molar-refractivity contribution in [1.29, 1.82) is 0 Å². The van der Waals surface area contributed by atoms with Crippen LogP contribution < -0.4 is 15.0 Å². The third-order valence-corrected chi connectivity index (χ3v) is 4.20. The highest BCUT2D eigenvalue weighted by atomic mass is 32.1. The lowest BCUT2D eigenvalue weighted by Crippen LogP contribution is -2.34. The minimum atomic E-state index is 0.549. The topological polar surface area (TPSA) is 46.6 Å². The Bertz CT molecular complexity index is 375. The molecule has 1 fully saturated rings. The number of anilines is 1. The number of rotatable bonds is 5. The molecule has 0 unspecified atom stereocenters. The summed E-state index contributed by atoms with van der Waals surface area (Å²) in [5.74, 6) is 0.739. The van der Waals surface area contributed by atoms with Crippen molar-refractivity contribution in [3.05, 3.63) is 4.88 Å². The molecule has 1 saturated heterocycles. The van der Waals surface area contributed by atoms with Crippen LogP contribution >= 0.6 is 11.3 Å². The maximum absolute atomic E-state index is 5.35. The molecule has 0 atom stereocenters. The van der Waals surface area contributed by atoms with Gasteiger partial charge in [-0.1, -0.05) is 11.3 Å². The minimum Gasteiger partial charge on any atom is -0.480 e. The van der Waals surface area contributed by atoms with Crippen molar-refractivity contribution in [3.63, 3.8) is 0 Å². The number of aromatic nitrogens is 1. The summed E-state index contributed by atoms with van der Waals surface area (Å²) in [7, 11) is 5.66. The van der Waals surface area contributed by atoms with Gasteiger partial charge in [-0.15, -0.1) is 0 Å². The van der Waals surface area contributed by atoms with Crippen LogP contribution in [0.1, 0.15) is 17.7 Å². The Morgan fingerprint density at radius 2 is 2.17 bits per heavy atom. The molecule has 6 heteroatoms. The zero-order valence-corrected chi connectivity index (χ0v) is 12.0. The number of nitrogens with zero attached hydrogens (tertiary/aromatic N) is 2. The molecule has 0 amide bonds. The molecule has 1 aromatic rings. The molecule has 1 aliphatic rings. The van der Waals surface area contributed by atoms with E-state index in [9.17, 15) is 0 Å². The van der Waals surface area contributed by atoms with E-state index in [2.05, 4.69) is 10.3 Å². The standard InChI is InChI=1S/C12H21N3O2S/c1-15(2)12-14-11(16-3)10(18-12)8-13-9-4-6-17-7-5-9/h9,13H,4-8H2,1-3H3. The van der Waals surface area contributed by atoms with E-state index in [1.807, 2.05) is 19.0 Å². The number of ether oxygens (including phenoxy) is 2. The molecule has 0 spiro atoms. The molecule has 0 saturated carbocycles. The summed E-state index contributed by atoms with van der Waals surface area (Å²) in [5, 5.41) is 4.54. The molecule has 2 heterocycles. The number of hydrogen-bond donors (Lipinski definition) is 1. The van der Waals surface area contributed by atoms with E-state index in [4.69, 9.17) is 9.47 Å². The lowest BCUT2D eigenvalue weighted by molar-refractivity contribution is 0.0776. The van der Waals surface area contributed by atoms with E-state index >= 15 is 0 Å². The fraction of sp³-hybridized carbons (Fsp3) is 0.750. The largest absolute Gasteiger partial charge is 0.480 e. The predicted octanol–water partition coefficient (Wildman–Crippen LogP) is 1.49. The summed E-state index contributed by atoms with van der Waals surface area (Å²) in [6.45, 7) is 2.54. The molecule has 1 aromatic heterocycles. The highest BCUT2D eigenvalue weighted by molar-refractivity contribution is 7.15. The maximum atomic E-state index is 5.35. The summed E-state index contributed by atoms with van der Waals surface area (Å²) < 4.78 is 10.7. The van der Waals surface area contributed by atoms with Crippen LogP contribution in [0, 0.1) is 0 Å². The molecule has 0 radical (unpaired) electrons. The van der Waals surface area contributed by atoms with Gasteiger partial charge in [-0.05, 0) is 12.8 Å². The van der Waals surface area contributed by atoms with Crippen LogP contribution in [-0.4, -0.2) is 45.4 Å². The Hall–Kier alpha value is -0.850. The highest BCUT2D eigenvalue weighted by Crippen LogP contribution is 2.30. The van der Waals surface area contributed by atoms with Gasteiger partial charge in [0.1, 0.15) is 0 Å². The fourth-order valence-electron chi connectivity index (χ4n) is 1.93. The summed E-state index contributed by atoms with van der Waals surface area (Å²) in [4.78, 5) is 7.61. The van der Waals surface area contributed by atoms with Crippen molar-refractivity contribution in [3.8, 4) is 5.88 Å². The van der Waals surface area contributed by atoms with Crippen LogP contribution in [0.4, 0.5) is 5.13 Å². The third kappa shape index (κ3) is 3.34. The summed E-state index contributed by atoms with van der Waals surface area (Å²) in [6, 6.07) is 0.549. The third-order valence-electron chi connectivity index (χ3n) is 3.00. The lowest BCUT2D eigenvalue weighted by Gasteiger charge is -2.22. The molecule has 18 heavy (non-hydrogen) atoms. The number of thiazole rings is 1. The first kappa shape index (κ1) is 13.6. The van der Waals surface area contributed by atoms with Gasteiger partial charge in [0.05, 0.1) is 12.0 Å². The molecular weight excluding hydrogens is 250 g/mol. The highest BCUT2D eigenvalue weighted by Gasteiger charge is 2.17. The fourth-order valence-corrected chi connectivity index (χ4v) is 2.83. The average Bonchev–Trinajstić information content (AvgIpc) is 2.81. The maximum Gasteiger partial charge on any atom is 0.230 e. The molecule has 0 aromatic carbocycles. The van der Waals surface area contributed by atoms with Gasteiger partial charge in [-0.2, -0.15) is 4.98 Å². The second-order valence-corrected chi connectivity index (χ2v) is 5.65. The van der Waals surface area contributed by atoms with Crippen molar-refractivity contribution in [2.75, 3.05) is 39.3 Å². The molecule has 1 aliphatic heterocycles. The predicted molar refractivity (Wildman–Crippen MR) is 73.7 cm³/mol. The van der Waals surface area contributed by atoms with Crippen molar-refractivity contribution < 1.29 is 9.47 Å². The molecule has 2 rings (SSSR count). The molecule has 0 bridgehead atoms. The zero-order valence-electron chi connectivity index (χ0n) is 11.2. The second kappa shape index (κ2) is 6.36. The second-order valence-electron chi connectivity index (χ2n) is 4.59. The smallest absolute Gasteiger partial charge is 0.230 e. The Morgan fingerprint density at radius 3 is 2.78 bits per heavy atom. The Kier molecular flexibility index (Phi) is 4.79. The summed E-state index contributed by atoms with van der Waals surface area (Å²) in [5.41, 5.74) is 0. The van der Waals surface area contributed by atoms with Crippen molar-refractivity contribution >= 4 is 16.5 Å². The SMILES string of the molecule is COc1nc(N(C)C)sc1CNC1CCOCC1. The normalized spacial score (nSPS) is 16.8. The van der Waals surface area contributed by atoms with Gasteiger partial charge in [0, 0.05) is 39.9 Å². The van der Waals surface area contributed by atoms with Crippen LogP contribution in [-0.2, 0) is 11.3 Å². The Morgan fingerprint density at radius 1 is 1.44 bits per heavy atom. The van der Waals surface area contributed by atoms with Crippen LogP contribution in [0.5, 0.6) is 5.88 Å². The molecular formula is C12H21N3O2S. The lowest BCUT2D eigenvalue weighted by atomic mass is 10.1. The average molecular weight is 271 g/mol. The Labute approximate surface area is 112 Å². The van der Waals surface area contributed by atoms with Crippen molar-refractivity contribution in [2.24, 2.45) is 0 Å².